The van der Waals surface area contributed by atoms with Crippen molar-refractivity contribution in [1.82, 2.24) is 14.7 Å². The third kappa shape index (κ3) is 3.26. The van der Waals surface area contributed by atoms with Crippen LogP contribution in [0.25, 0.3) is 5.65 Å². The third-order valence-corrected chi connectivity index (χ3v) is 3.75. The van der Waals surface area contributed by atoms with E-state index in [0.29, 0.717) is 23.7 Å². The number of carbonyl (C=O) groups excluding carboxylic acids is 1. The van der Waals surface area contributed by atoms with Gasteiger partial charge in [0.05, 0.1) is 7.11 Å². The lowest BCUT2D eigenvalue weighted by Gasteiger charge is -2.11. The number of methoxy groups -OCH3 is 1. The number of amides is 1. The van der Waals surface area contributed by atoms with Gasteiger partial charge in [-0.25, -0.2) is 9.37 Å². The summed E-state index contributed by atoms with van der Waals surface area (Å²) >= 11 is 0. The predicted octanol–water partition coefficient (Wildman–Crippen LogP) is 3.00. The highest BCUT2D eigenvalue weighted by molar-refractivity contribution is 5.98. The van der Waals surface area contributed by atoms with Crippen LogP contribution in [0.5, 0.6) is 17.2 Å². The summed E-state index contributed by atoms with van der Waals surface area (Å²) in [6.07, 6.45) is 2.47. The largest absolute Gasteiger partial charge is 0.493 e. The van der Waals surface area contributed by atoms with Crippen LogP contribution in [0.3, 0.4) is 0 Å². The lowest BCUT2D eigenvalue weighted by atomic mass is 10.3. The molecule has 0 unspecified atom stereocenters. The molecule has 1 aromatic carbocycles. The summed E-state index contributed by atoms with van der Waals surface area (Å²) in [4.78, 5) is 16.5. The Balaban J connectivity index is 2.02. The van der Waals surface area contributed by atoms with E-state index in [1.165, 1.54) is 25.3 Å². The van der Waals surface area contributed by atoms with Crippen LogP contribution in [-0.2, 0) is 0 Å². The molecular formula is C18H19FN4O3. The number of nitrogens with one attached hydrogen (secondary N) is 1. The summed E-state index contributed by atoms with van der Waals surface area (Å²) in [6, 6.07) is 7.30. The van der Waals surface area contributed by atoms with Crippen LogP contribution in [0.4, 0.5) is 10.2 Å². The molecule has 3 N–H and O–H groups in total. The minimum Gasteiger partial charge on any atom is -0.493 e. The molecule has 2 heterocycles. The molecule has 0 aliphatic rings. The van der Waals surface area contributed by atoms with Gasteiger partial charge in [-0.1, -0.05) is 6.92 Å². The molecule has 8 heteroatoms. The number of carbonyl (C=O) groups is 1. The number of nitrogens with zero attached hydrogens (tertiary/aromatic N) is 2. The summed E-state index contributed by atoms with van der Waals surface area (Å²) in [5.41, 5.74) is 6.51. The van der Waals surface area contributed by atoms with E-state index in [2.05, 4.69) is 10.3 Å². The molecule has 0 saturated carbocycles. The van der Waals surface area contributed by atoms with E-state index in [0.717, 1.165) is 6.42 Å². The van der Waals surface area contributed by atoms with Crippen LogP contribution in [0.2, 0.25) is 0 Å². The van der Waals surface area contributed by atoms with Gasteiger partial charge in [0.25, 0.3) is 5.91 Å². The minimum absolute atomic E-state index is 0.112. The zero-order chi connectivity index (χ0) is 18.7. The number of nitrogens with two attached hydrogens (primary N) is 1. The number of hydrogen-bond donors (Lipinski definition) is 2. The lowest BCUT2D eigenvalue weighted by molar-refractivity contribution is 0.0950. The molecule has 0 atom stereocenters. The molecule has 0 fully saturated rings. The summed E-state index contributed by atoms with van der Waals surface area (Å²) in [5.74, 6) is 0.258. The van der Waals surface area contributed by atoms with Gasteiger partial charge >= 0.3 is 0 Å². The van der Waals surface area contributed by atoms with Crippen molar-refractivity contribution in [2.24, 2.45) is 0 Å². The van der Waals surface area contributed by atoms with E-state index in [4.69, 9.17) is 15.2 Å². The van der Waals surface area contributed by atoms with E-state index < -0.39 is 5.82 Å². The maximum absolute atomic E-state index is 13.6. The molecule has 3 aromatic rings. The first-order chi connectivity index (χ1) is 12.5. The number of rotatable bonds is 6. The molecule has 0 bridgehead atoms. The number of imidazole rings is 1. The summed E-state index contributed by atoms with van der Waals surface area (Å²) in [5, 5.41) is 2.74. The molecule has 0 spiro atoms. The zero-order valence-corrected chi connectivity index (χ0v) is 14.5. The second-order valence-electron chi connectivity index (χ2n) is 5.56. The quantitative estimate of drug-likeness (QED) is 0.707. The number of ether oxygens (including phenoxy) is 2. The van der Waals surface area contributed by atoms with Crippen LogP contribution >= 0.6 is 0 Å². The Hall–Kier alpha value is -3.29. The van der Waals surface area contributed by atoms with Gasteiger partial charge in [0.1, 0.15) is 11.6 Å². The Morgan fingerprint density at radius 3 is 2.85 bits per heavy atom. The molecule has 3 rings (SSSR count). The third-order valence-electron chi connectivity index (χ3n) is 3.75. The molecule has 7 nitrogen and oxygen atoms in total. The van der Waals surface area contributed by atoms with Gasteiger partial charge in [-0.15, -0.1) is 0 Å². The van der Waals surface area contributed by atoms with Crippen LogP contribution in [0.1, 0.15) is 23.8 Å². The van der Waals surface area contributed by atoms with Crippen molar-refractivity contribution in [2.75, 3.05) is 19.4 Å². The van der Waals surface area contributed by atoms with Crippen LogP contribution < -0.4 is 20.5 Å². The van der Waals surface area contributed by atoms with Crippen LogP contribution in [0.15, 0.2) is 36.5 Å². The molecule has 0 saturated heterocycles. The average Bonchev–Trinajstić information content (AvgIpc) is 2.98. The van der Waals surface area contributed by atoms with Crippen molar-refractivity contribution in [3.05, 3.63) is 48.0 Å². The molecule has 0 aliphatic carbocycles. The van der Waals surface area contributed by atoms with E-state index in [9.17, 15) is 9.18 Å². The smallest absolute Gasteiger partial charge is 0.273 e. The molecular weight excluding hydrogens is 339 g/mol. The first-order valence-corrected chi connectivity index (χ1v) is 8.11. The Bertz CT molecular complexity index is 955. The number of hydrogen-bond acceptors (Lipinski definition) is 5. The van der Waals surface area contributed by atoms with Gasteiger partial charge in [-0.3, -0.25) is 9.20 Å². The minimum atomic E-state index is -0.463. The zero-order valence-electron chi connectivity index (χ0n) is 14.5. The van der Waals surface area contributed by atoms with Crippen LogP contribution in [0, 0.1) is 5.82 Å². The maximum Gasteiger partial charge on any atom is 0.273 e. The molecule has 0 aliphatic heterocycles. The number of pyridine rings is 1. The number of anilines is 1. The van der Waals surface area contributed by atoms with Crippen molar-refractivity contribution in [2.45, 2.75) is 13.3 Å². The van der Waals surface area contributed by atoms with Gasteiger partial charge in [0.15, 0.2) is 28.6 Å². The number of nitrogen functional groups attached to an aromatic ring is 1. The maximum atomic E-state index is 13.6. The number of halogens is 1. The summed E-state index contributed by atoms with van der Waals surface area (Å²) in [6.45, 7) is 2.47. The average molecular weight is 358 g/mol. The second-order valence-corrected chi connectivity index (χ2v) is 5.56. The Morgan fingerprint density at radius 1 is 1.31 bits per heavy atom. The Labute approximate surface area is 149 Å². The lowest BCUT2D eigenvalue weighted by Crippen LogP contribution is -2.25. The highest BCUT2D eigenvalue weighted by Crippen LogP contribution is 2.34. The monoisotopic (exact) mass is 358 g/mol. The summed E-state index contributed by atoms with van der Waals surface area (Å²) < 4.78 is 26.1. The highest BCUT2D eigenvalue weighted by Gasteiger charge is 2.19. The molecule has 1 amide bonds. The fraction of sp³-hybridized carbons (Fsp3) is 0.222. The highest BCUT2D eigenvalue weighted by atomic mass is 19.1. The van der Waals surface area contributed by atoms with Gasteiger partial charge in [-0.05, 0) is 30.7 Å². The topological polar surface area (TPSA) is 90.9 Å². The van der Waals surface area contributed by atoms with Gasteiger partial charge < -0.3 is 20.5 Å². The number of fused-ring (bicyclic) bond motifs is 1. The van der Waals surface area contributed by atoms with Gasteiger partial charge in [0, 0.05) is 18.8 Å². The predicted molar refractivity (Wildman–Crippen MR) is 95.3 cm³/mol. The SMILES string of the molecule is CCCNC(=O)c1nc2c(Oc3cc(F)ccc3OC)cccn2c1N. The normalized spacial score (nSPS) is 10.7. The van der Waals surface area contributed by atoms with E-state index >= 15 is 0 Å². The number of aromatic nitrogens is 2. The van der Waals surface area contributed by atoms with Gasteiger partial charge in [-0.2, -0.15) is 0 Å². The van der Waals surface area contributed by atoms with E-state index in [1.54, 1.807) is 22.7 Å². The first kappa shape index (κ1) is 17.5. The van der Waals surface area contributed by atoms with E-state index in [-0.39, 0.29) is 23.2 Å². The Morgan fingerprint density at radius 2 is 2.12 bits per heavy atom. The fourth-order valence-electron chi connectivity index (χ4n) is 2.48. The molecule has 0 radical (unpaired) electrons. The summed E-state index contributed by atoms with van der Waals surface area (Å²) in [7, 11) is 1.46. The Kier molecular flexibility index (Phi) is 4.92. The van der Waals surface area contributed by atoms with Gasteiger partial charge in [0.2, 0.25) is 0 Å². The second kappa shape index (κ2) is 7.30. The molecule has 136 valence electrons. The molecule has 26 heavy (non-hydrogen) atoms. The fourth-order valence-corrected chi connectivity index (χ4v) is 2.48. The standard InChI is InChI=1S/C18H19FN4O3/c1-3-8-21-18(24)15-16(20)23-9-4-5-13(17(23)22-15)26-14-10-11(19)6-7-12(14)25-2/h4-7,9-10H,3,8,20H2,1-2H3,(H,21,24). The molecule has 2 aromatic heterocycles. The van der Waals surface area contributed by atoms with Crippen molar-refractivity contribution in [1.29, 1.82) is 0 Å². The van der Waals surface area contributed by atoms with Crippen LogP contribution in [-0.4, -0.2) is 28.9 Å². The van der Waals surface area contributed by atoms with Crippen molar-refractivity contribution >= 4 is 17.4 Å². The number of benzene rings is 1. The van der Waals surface area contributed by atoms with Crippen molar-refractivity contribution in [3.8, 4) is 17.2 Å². The van der Waals surface area contributed by atoms with Crippen molar-refractivity contribution < 1.29 is 18.7 Å². The van der Waals surface area contributed by atoms with E-state index in [1.807, 2.05) is 6.92 Å². The first-order valence-electron chi connectivity index (χ1n) is 8.11. The van der Waals surface area contributed by atoms with Crippen molar-refractivity contribution in [3.63, 3.8) is 0 Å².